The summed E-state index contributed by atoms with van der Waals surface area (Å²) in [7, 11) is 0. The molecule has 0 bridgehead atoms. The lowest BCUT2D eigenvalue weighted by molar-refractivity contribution is 0.0692. The van der Waals surface area contributed by atoms with Gasteiger partial charge in [-0.05, 0) is 25.0 Å². The molecule has 0 saturated heterocycles. The Morgan fingerprint density at radius 1 is 1.44 bits per heavy atom. The predicted octanol–water partition coefficient (Wildman–Crippen LogP) is 2.40. The summed E-state index contributed by atoms with van der Waals surface area (Å²) in [6.45, 7) is 7.57. The summed E-state index contributed by atoms with van der Waals surface area (Å²) in [5, 5.41) is 27.4. The molecule has 0 aliphatic rings. The molecule has 25 heavy (non-hydrogen) atoms. The van der Waals surface area contributed by atoms with Crippen LogP contribution >= 0.6 is 0 Å². The summed E-state index contributed by atoms with van der Waals surface area (Å²) < 4.78 is 6.86. The monoisotopic (exact) mass is 340 g/mol. The van der Waals surface area contributed by atoms with Gasteiger partial charge in [-0.15, -0.1) is 10.2 Å². The van der Waals surface area contributed by atoms with E-state index in [4.69, 9.17) is 4.42 Å². The topological polar surface area (TPSA) is 121 Å². The quantitative estimate of drug-likeness (QED) is 0.776. The molecule has 3 aromatic rings. The number of nitrogens with zero attached hydrogens (tertiary/aromatic N) is 4. The number of aromatic carboxylic acids is 1. The minimum absolute atomic E-state index is 0.142. The van der Waals surface area contributed by atoms with Gasteiger partial charge in [-0.25, -0.2) is 14.0 Å². The molecular formula is C17H16N4O4. The van der Waals surface area contributed by atoms with Gasteiger partial charge < -0.3 is 9.52 Å². The molecule has 0 fully saturated rings. The molecule has 0 aliphatic carbocycles. The van der Waals surface area contributed by atoms with Gasteiger partial charge in [0, 0.05) is 10.8 Å². The first-order valence-corrected chi connectivity index (χ1v) is 7.72. The van der Waals surface area contributed by atoms with Gasteiger partial charge in [0.05, 0.1) is 0 Å². The molecule has 3 rings (SSSR count). The van der Waals surface area contributed by atoms with Crippen LogP contribution in [0.25, 0.3) is 16.7 Å². The number of fused-ring (bicyclic) bond motifs is 3. The van der Waals surface area contributed by atoms with E-state index in [1.54, 1.807) is 6.92 Å². The highest BCUT2D eigenvalue weighted by Crippen LogP contribution is 2.31. The van der Waals surface area contributed by atoms with Crippen LogP contribution in [0.15, 0.2) is 15.3 Å². The predicted molar refractivity (Wildman–Crippen MR) is 88.8 cm³/mol. The molecule has 0 amide bonds. The molecule has 3 heterocycles. The Labute approximate surface area is 142 Å². The van der Waals surface area contributed by atoms with Crippen molar-refractivity contribution in [2.45, 2.75) is 39.5 Å². The maximum Gasteiger partial charge on any atom is 0.352 e. The van der Waals surface area contributed by atoms with Gasteiger partial charge in [-0.1, -0.05) is 20.8 Å². The van der Waals surface area contributed by atoms with E-state index in [9.17, 15) is 20.0 Å². The van der Waals surface area contributed by atoms with Crippen LogP contribution in [-0.2, 0) is 5.41 Å². The minimum Gasteiger partial charge on any atom is -0.477 e. The van der Waals surface area contributed by atoms with Crippen LogP contribution in [0.5, 0.6) is 0 Å². The second kappa shape index (κ2) is 5.41. The summed E-state index contributed by atoms with van der Waals surface area (Å²) >= 11 is 0. The fraction of sp³-hybridized carbons (Fsp3) is 0.353. The Morgan fingerprint density at radius 3 is 2.68 bits per heavy atom. The van der Waals surface area contributed by atoms with Crippen molar-refractivity contribution in [2.75, 3.05) is 0 Å². The fourth-order valence-electron chi connectivity index (χ4n) is 2.72. The third-order valence-corrected chi connectivity index (χ3v) is 4.63. The summed E-state index contributed by atoms with van der Waals surface area (Å²) in [6.07, 6.45) is 0.739. The maximum atomic E-state index is 12.1. The zero-order valence-corrected chi connectivity index (χ0v) is 14.2. The highest BCUT2D eigenvalue weighted by atomic mass is 16.4. The van der Waals surface area contributed by atoms with Gasteiger partial charge in [0.1, 0.15) is 23.0 Å². The van der Waals surface area contributed by atoms with E-state index >= 15 is 0 Å². The number of pyridine rings is 1. The smallest absolute Gasteiger partial charge is 0.352 e. The van der Waals surface area contributed by atoms with E-state index in [1.807, 2.05) is 20.8 Å². The third-order valence-electron chi connectivity index (χ3n) is 4.63. The van der Waals surface area contributed by atoms with Crippen molar-refractivity contribution in [1.82, 2.24) is 14.6 Å². The zero-order valence-electron chi connectivity index (χ0n) is 14.2. The Kier molecular flexibility index (Phi) is 3.60. The number of rotatable bonds is 3. The highest BCUT2D eigenvalue weighted by Gasteiger charge is 2.29. The number of carboxylic acids is 1. The molecule has 0 radical (unpaired) electrons. The number of carboxylic acid groups (broad SMARTS) is 1. The Hall–Kier alpha value is -3.21. The molecule has 0 aliphatic heterocycles. The van der Waals surface area contributed by atoms with Gasteiger partial charge in [0.2, 0.25) is 5.71 Å². The fourth-order valence-corrected chi connectivity index (χ4v) is 2.72. The zero-order chi connectivity index (χ0) is 18.5. The van der Waals surface area contributed by atoms with Crippen LogP contribution in [-0.4, -0.2) is 25.7 Å². The van der Waals surface area contributed by atoms with Crippen molar-refractivity contribution in [2.24, 2.45) is 0 Å². The average Bonchev–Trinajstić information content (AvgIpc) is 3.00. The maximum absolute atomic E-state index is 12.1. The highest BCUT2D eigenvalue weighted by molar-refractivity contribution is 5.93. The summed E-state index contributed by atoms with van der Waals surface area (Å²) in [6, 6.07) is 3.32. The SMILES string of the molecule is CCC(C)(C)c1nnc2c(C#N)c(C)c3cc(C(=O)O)c(=O)oc3n12. The molecule has 0 unspecified atom stereocenters. The lowest BCUT2D eigenvalue weighted by atomic mass is 9.89. The van der Waals surface area contributed by atoms with E-state index in [0.29, 0.717) is 16.8 Å². The molecule has 1 N–H and O–H groups in total. The minimum atomic E-state index is -1.38. The van der Waals surface area contributed by atoms with Crippen LogP contribution in [0, 0.1) is 18.3 Å². The normalized spacial score (nSPS) is 11.8. The van der Waals surface area contributed by atoms with Gasteiger partial charge in [0.25, 0.3) is 0 Å². The molecule has 8 heteroatoms. The molecule has 0 spiro atoms. The molecule has 0 saturated carbocycles. The number of hydrogen-bond donors (Lipinski definition) is 1. The van der Waals surface area contributed by atoms with E-state index < -0.39 is 22.6 Å². The molecule has 0 atom stereocenters. The second-order valence-corrected chi connectivity index (χ2v) is 6.50. The van der Waals surface area contributed by atoms with Crippen LogP contribution < -0.4 is 5.63 Å². The van der Waals surface area contributed by atoms with Crippen molar-refractivity contribution in [1.29, 1.82) is 5.26 Å². The molecule has 3 aromatic heterocycles. The van der Waals surface area contributed by atoms with Gasteiger partial charge >= 0.3 is 11.6 Å². The van der Waals surface area contributed by atoms with Crippen LogP contribution in [0.2, 0.25) is 0 Å². The molecule has 0 aromatic carbocycles. The lowest BCUT2D eigenvalue weighted by Crippen LogP contribution is -2.21. The second-order valence-electron chi connectivity index (χ2n) is 6.50. The van der Waals surface area contributed by atoms with Gasteiger partial charge in [-0.2, -0.15) is 5.26 Å². The van der Waals surface area contributed by atoms with Gasteiger partial charge in [0.15, 0.2) is 5.65 Å². The number of aromatic nitrogens is 3. The summed E-state index contributed by atoms with van der Waals surface area (Å²) in [4.78, 5) is 23.3. The lowest BCUT2D eigenvalue weighted by Gasteiger charge is -2.20. The van der Waals surface area contributed by atoms with Crippen molar-refractivity contribution in [3.8, 4) is 6.07 Å². The number of hydrogen-bond acceptors (Lipinski definition) is 6. The molecule has 128 valence electrons. The number of aryl methyl sites for hydroxylation is 1. The van der Waals surface area contributed by atoms with Crippen molar-refractivity contribution in [3.63, 3.8) is 0 Å². The van der Waals surface area contributed by atoms with E-state index in [1.165, 1.54) is 10.5 Å². The van der Waals surface area contributed by atoms with Crippen molar-refractivity contribution >= 4 is 22.7 Å². The Bertz CT molecular complexity index is 1130. The van der Waals surface area contributed by atoms with Crippen molar-refractivity contribution < 1.29 is 14.3 Å². The summed E-state index contributed by atoms with van der Waals surface area (Å²) in [5.74, 6) is -0.843. The van der Waals surface area contributed by atoms with Crippen LogP contribution in [0.3, 0.4) is 0 Å². The number of nitriles is 1. The summed E-state index contributed by atoms with van der Waals surface area (Å²) in [5.41, 5.74) is -0.646. The van der Waals surface area contributed by atoms with E-state index in [0.717, 1.165) is 6.42 Å². The first-order chi connectivity index (χ1) is 11.7. The molecular weight excluding hydrogens is 324 g/mol. The third kappa shape index (κ3) is 2.28. The molecule has 8 nitrogen and oxygen atoms in total. The Morgan fingerprint density at radius 2 is 2.12 bits per heavy atom. The van der Waals surface area contributed by atoms with Gasteiger partial charge in [-0.3, -0.25) is 0 Å². The standard InChI is InChI=1S/C17H16N4O4/c1-5-17(3,4)16-20-19-12-11(7-18)8(2)9-6-10(14(22)23)15(24)25-13(9)21(12)16/h6H,5H2,1-4H3,(H,22,23). The largest absolute Gasteiger partial charge is 0.477 e. The first kappa shape index (κ1) is 16.6. The Balaban J connectivity index is 2.62. The first-order valence-electron chi connectivity index (χ1n) is 7.72. The van der Waals surface area contributed by atoms with E-state index in [2.05, 4.69) is 16.3 Å². The average molecular weight is 340 g/mol. The van der Waals surface area contributed by atoms with E-state index in [-0.39, 0.29) is 16.9 Å². The van der Waals surface area contributed by atoms with Crippen molar-refractivity contribution in [3.05, 3.63) is 39.0 Å². The van der Waals surface area contributed by atoms with Crippen LogP contribution in [0.1, 0.15) is 54.5 Å². The number of carbonyl (C=O) groups is 1. The van der Waals surface area contributed by atoms with Crippen LogP contribution in [0.4, 0.5) is 0 Å².